The van der Waals surface area contributed by atoms with Crippen molar-refractivity contribution in [2.75, 3.05) is 0 Å². The molecule has 0 bridgehead atoms. The SMILES string of the molecule is CCCC(C)CC(O)C1Cc2ccccc2O1. The molecule has 3 atom stereocenters. The number of hydrogen-bond donors (Lipinski definition) is 1. The van der Waals surface area contributed by atoms with Gasteiger partial charge in [-0.3, -0.25) is 0 Å². The van der Waals surface area contributed by atoms with E-state index in [1.165, 1.54) is 18.4 Å². The Morgan fingerprint density at radius 3 is 2.88 bits per heavy atom. The van der Waals surface area contributed by atoms with E-state index in [-0.39, 0.29) is 12.2 Å². The fourth-order valence-electron chi connectivity index (χ4n) is 2.60. The number of benzene rings is 1. The molecule has 1 aromatic carbocycles. The van der Waals surface area contributed by atoms with E-state index in [1.54, 1.807) is 0 Å². The third kappa shape index (κ3) is 3.01. The molecular formula is C15H22O2. The maximum Gasteiger partial charge on any atom is 0.129 e. The predicted octanol–water partition coefficient (Wildman–Crippen LogP) is 3.18. The Bertz CT molecular complexity index is 337. The smallest absolute Gasteiger partial charge is 0.129 e. The lowest BCUT2D eigenvalue weighted by Gasteiger charge is -2.21. The van der Waals surface area contributed by atoms with Crippen LogP contribution in [-0.4, -0.2) is 17.3 Å². The van der Waals surface area contributed by atoms with Gasteiger partial charge < -0.3 is 9.84 Å². The van der Waals surface area contributed by atoms with Gasteiger partial charge in [-0.05, 0) is 24.0 Å². The molecule has 1 aliphatic heterocycles. The Morgan fingerprint density at radius 2 is 2.18 bits per heavy atom. The van der Waals surface area contributed by atoms with Crippen molar-refractivity contribution in [2.24, 2.45) is 5.92 Å². The molecule has 0 aromatic heterocycles. The number of hydrogen-bond acceptors (Lipinski definition) is 2. The van der Waals surface area contributed by atoms with Crippen LogP contribution in [0.15, 0.2) is 24.3 Å². The highest BCUT2D eigenvalue weighted by atomic mass is 16.5. The summed E-state index contributed by atoms with van der Waals surface area (Å²) in [5.41, 5.74) is 1.22. The topological polar surface area (TPSA) is 29.5 Å². The molecule has 1 aliphatic rings. The predicted molar refractivity (Wildman–Crippen MR) is 69.3 cm³/mol. The highest BCUT2D eigenvalue weighted by molar-refractivity contribution is 5.37. The Labute approximate surface area is 104 Å². The lowest BCUT2D eigenvalue weighted by molar-refractivity contribution is 0.0332. The summed E-state index contributed by atoms with van der Waals surface area (Å²) in [4.78, 5) is 0. The van der Waals surface area contributed by atoms with E-state index in [9.17, 15) is 5.11 Å². The highest BCUT2D eigenvalue weighted by Gasteiger charge is 2.29. The molecule has 0 aliphatic carbocycles. The fourth-order valence-corrected chi connectivity index (χ4v) is 2.60. The van der Waals surface area contributed by atoms with E-state index in [4.69, 9.17) is 4.74 Å². The van der Waals surface area contributed by atoms with E-state index >= 15 is 0 Å². The minimum atomic E-state index is -0.344. The van der Waals surface area contributed by atoms with E-state index in [0.29, 0.717) is 5.92 Å². The third-order valence-electron chi connectivity index (χ3n) is 3.53. The number of aliphatic hydroxyl groups is 1. The Morgan fingerprint density at radius 1 is 1.41 bits per heavy atom. The monoisotopic (exact) mass is 234 g/mol. The molecule has 0 saturated heterocycles. The first-order valence-corrected chi connectivity index (χ1v) is 6.63. The fraction of sp³-hybridized carbons (Fsp3) is 0.600. The van der Waals surface area contributed by atoms with Crippen LogP contribution in [0.4, 0.5) is 0 Å². The van der Waals surface area contributed by atoms with Crippen molar-refractivity contribution >= 4 is 0 Å². The van der Waals surface area contributed by atoms with Crippen LogP contribution in [0.3, 0.4) is 0 Å². The van der Waals surface area contributed by atoms with Gasteiger partial charge in [-0.25, -0.2) is 0 Å². The molecule has 0 radical (unpaired) electrons. The largest absolute Gasteiger partial charge is 0.487 e. The van der Waals surface area contributed by atoms with E-state index in [2.05, 4.69) is 19.9 Å². The molecule has 1 heterocycles. The first-order chi connectivity index (χ1) is 8.20. The first kappa shape index (κ1) is 12.4. The van der Waals surface area contributed by atoms with Gasteiger partial charge in [0.2, 0.25) is 0 Å². The molecule has 0 spiro atoms. The van der Waals surface area contributed by atoms with Crippen molar-refractivity contribution in [1.29, 1.82) is 0 Å². The summed E-state index contributed by atoms with van der Waals surface area (Å²) in [5, 5.41) is 10.2. The number of aliphatic hydroxyl groups excluding tert-OH is 1. The Hall–Kier alpha value is -1.02. The second kappa shape index (κ2) is 5.54. The zero-order valence-corrected chi connectivity index (χ0v) is 10.7. The number of rotatable bonds is 5. The van der Waals surface area contributed by atoms with E-state index < -0.39 is 0 Å². The van der Waals surface area contributed by atoms with Crippen molar-refractivity contribution < 1.29 is 9.84 Å². The van der Waals surface area contributed by atoms with Gasteiger partial charge in [0.25, 0.3) is 0 Å². The highest BCUT2D eigenvalue weighted by Crippen LogP contribution is 2.31. The lowest BCUT2D eigenvalue weighted by atomic mass is 9.94. The molecule has 0 fully saturated rings. The van der Waals surface area contributed by atoms with E-state index in [1.807, 2.05) is 18.2 Å². The molecule has 3 unspecified atom stereocenters. The number of para-hydroxylation sites is 1. The van der Waals surface area contributed by atoms with Crippen molar-refractivity contribution in [3.05, 3.63) is 29.8 Å². The summed E-state index contributed by atoms with van der Waals surface area (Å²) in [5.74, 6) is 1.52. The van der Waals surface area contributed by atoms with Gasteiger partial charge in [0.15, 0.2) is 0 Å². The van der Waals surface area contributed by atoms with Gasteiger partial charge in [-0.2, -0.15) is 0 Å². The molecular weight excluding hydrogens is 212 g/mol. The van der Waals surface area contributed by atoms with Crippen LogP contribution in [0.25, 0.3) is 0 Å². The Kier molecular flexibility index (Phi) is 4.06. The number of ether oxygens (including phenoxy) is 1. The quantitative estimate of drug-likeness (QED) is 0.848. The van der Waals surface area contributed by atoms with Crippen LogP contribution < -0.4 is 4.74 Å². The second-order valence-electron chi connectivity index (χ2n) is 5.17. The van der Waals surface area contributed by atoms with Crippen LogP contribution in [0.5, 0.6) is 5.75 Å². The summed E-state index contributed by atoms with van der Waals surface area (Å²) < 4.78 is 5.80. The normalized spacial score (nSPS) is 21.7. The molecule has 0 amide bonds. The summed E-state index contributed by atoms with van der Waals surface area (Å²) in [6.45, 7) is 4.39. The van der Waals surface area contributed by atoms with Gasteiger partial charge in [0, 0.05) is 6.42 Å². The number of fused-ring (bicyclic) bond motifs is 1. The maximum absolute atomic E-state index is 10.2. The van der Waals surface area contributed by atoms with Crippen LogP contribution in [0.1, 0.15) is 38.7 Å². The van der Waals surface area contributed by atoms with Gasteiger partial charge in [-0.1, -0.05) is 44.9 Å². The molecule has 2 rings (SSSR count). The molecule has 1 N–H and O–H groups in total. The van der Waals surface area contributed by atoms with Crippen LogP contribution in [0, 0.1) is 5.92 Å². The summed E-state index contributed by atoms with van der Waals surface area (Å²) in [6, 6.07) is 8.07. The average molecular weight is 234 g/mol. The van der Waals surface area contributed by atoms with Crippen LogP contribution >= 0.6 is 0 Å². The van der Waals surface area contributed by atoms with Crippen molar-refractivity contribution in [1.82, 2.24) is 0 Å². The Balaban J connectivity index is 1.89. The third-order valence-corrected chi connectivity index (χ3v) is 3.53. The van der Waals surface area contributed by atoms with Gasteiger partial charge in [-0.15, -0.1) is 0 Å². The zero-order chi connectivity index (χ0) is 12.3. The van der Waals surface area contributed by atoms with Crippen LogP contribution in [-0.2, 0) is 6.42 Å². The maximum atomic E-state index is 10.2. The molecule has 1 aromatic rings. The molecule has 94 valence electrons. The van der Waals surface area contributed by atoms with Gasteiger partial charge in [0.1, 0.15) is 11.9 Å². The van der Waals surface area contributed by atoms with Gasteiger partial charge >= 0.3 is 0 Å². The molecule has 2 heteroatoms. The van der Waals surface area contributed by atoms with Crippen molar-refractivity contribution in [2.45, 2.75) is 51.7 Å². The van der Waals surface area contributed by atoms with Crippen molar-refractivity contribution in [3.8, 4) is 5.75 Å². The molecule has 2 nitrogen and oxygen atoms in total. The van der Waals surface area contributed by atoms with Gasteiger partial charge in [0.05, 0.1) is 6.10 Å². The second-order valence-corrected chi connectivity index (χ2v) is 5.17. The lowest BCUT2D eigenvalue weighted by Crippen LogP contribution is -2.31. The van der Waals surface area contributed by atoms with Crippen molar-refractivity contribution in [3.63, 3.8) is 0 Å². The molecule has 0 saturated carbocycles. The first-order valence-electron chi connectivity index (χ1n) is 6.63. The average Bonchev–Trinajstić information content (AvgIpc) is 2.72. The minimum Gasteiger partial charge on any atom is -0.487 e. The summed E-state index contributed by atoms with van der Waals surface area (Å²) in [6.07, 6.45) is 3.65. The van der Waals surface area contributed by atoms with Crippen LogP contribution in [0.2, 0.25) is 0 Å². The minimum absolute atomic E-state index is 0.0493. The standard InChI is InChI=1S/C15H22O2/c1-3-6-11(2)9-13(16)15-10-12-7-4-5-8-14(12)17-15/h4-5,7-8,11,13,15-16H,3,6,9-10H2,1-2H3. The zero-order valence-electron chi connectivity index (χ0n) is 10.7. The molecule has 17 heavy (non-hydrogen) atoms. The summed E-state index contributed by atoms with van der Waals surface area (Å²) >= 11 is 0. The van der Waals surface area contributed by atoms with E-state index in [0.717, 1.165) is 18.6 Å². The summed E-state index contributed by atoms with van der Waals surface area (Å²) in [7, 11) is 0.